The molecule has 2 unspecified atom stereocenters. The van der Waals surface area contributed by atoms with Gasteiger partial charge in [0.05, 0.1) is 0 Å². The molecule has 0 aliphatic heterocycles. The van der Waals surface area contributed by atoms with Crippen molar-refractivity contribution in [3.63, 3.8) is 0 Å². The standard InChI is InChI=1S/C11H16N2O2/c1-3-8-4-5-9(6-8)10-12-11(7(2)14)15-13-10/h8-9H,3-6H2,1-2H3. The maximum atomic E-state index is 11.0. The minimum atomic E-state index is -0.154. The van der Waals surface area contributed by atoms with Crippen LogP contribution in [0, 0.1) is 5.92 Å². The van der Waals surface area contributed by atoms with Gasteiger partial charge in [-0.15, -0.1) is 0 Å². The summed E-state index contributed by atoms with van der Waals surface area (Å²) in [6, 6.07) is 0. The zero-order valence-corrected chi connectivity index (χ0v) is 9.19. The molecule has 0 spiro atoms. The molecule has 1 saturated carbocycles. The summed E-state index contributed by atoms with van der Waals surface area (Å²) in [5, 5.41) is 3.88. The number of carbonyl (C=O) groups excluding carboxylic acids is 1. The lowest BCUT2D eigenvalue weighted by Gasteiger charge is -2.04. The van der Waals surface area contributed by atoms with Gasteiger partial charge in [0.25, 0.3) is 5.89 Å². The molecule has 4 nitrogen and oxygen atoms in total. The number of nitrogens with zero attached hydrogens (tertiary/aromatic N) is 2. The Hall–Kier alpha value is -1.19. The van der Waals surface area contributed by atoms with Crippen LogP contribution in [0.2, 0.25) is 0 Å². The van der Waals surface area contributed by atoms with Crippen LogP contribution in [0.25, 0.3) is 0 Å². The molecule has 2 atom stereocenters. The van der Waals surface area contributed by atoms with Gasteiger partial charge in [-0.25, -0.2) is 0 Å². The van der Waals surface area contributed by atoms with Crippen molar-refractivity contribution in [2.75, 3.05) is 0 Å². The van der Waals surface area contributed by atoms with Gasteiger partial charge in [0.15, 0.2) is 5.82 Å². The third kappa shape index (κ3) is 2.08. The van der Waals surface area contributed by atoms with Crippen LogP contribution in [0.1, 0.15) is 62.0 Å². The van der Waals surface area contributed by atoms with Crippen molar-refractivity contribution in [1.82, 2.24) is 10.1 Å². The fraction of sp³-hybridized carbons (Fsp3) is 0.727. The number of rotatable bonds is 3. The highest BCUT2D eigenvalue weighted by molar-refractivity contribution is 5.89. The molecule has 1 aliphatic carbocycles. The third-order valence-corrected chi connectivity index (χ3v) is 3.23. The second-order valence-electron chi connectivity index (χ2n) is 4.30. The van der Waals surface area contributed by atoms with Crippen molar-refractivity contribution in [2.24, 2.45) is 5.92 Å². The molecule has 0 radical (unpaired) electrons. The topological polar surface area (TPSA) is 56.0 Å². The van der Waals surface area contributed by atoms with E-state index in [1.807, 2.05) is 0 Å². The van der Waals surface area contributed by atoms with Gasteiger partial charge >= 0.3 is 0 Å². The predicted molar refractivity (Wildman–Crippen MR) is 54.7 cm³/mol. The van der Waals surface area contributed by atoms with Crippen LogP contribution in [0.5, 0.6) is 0 Å². The van der Waals surface area contributed by atoms with E-state index in [-0.39, 0.29) is 11.7 Å². The first-order valence-corrected chi connectivity index (χ1v) is 5.55. The van der Waals surface area contributed by atoms with Gasteiger partial charge in [-0.05, 0) is 25.2 Å². The molecule has 4 heteroatoms. The summed E-state index contributed by atoms with van der Waals surface area (Å²) in [7, 11) is 0. The van der Waals surface area contributed by atoms with Crippen LogP contribution in [-0.2, 0) is 0 Å². The first-order valence-electron chi connectivity index (χ1n) is 5.55. The summed E-state index contributed by atoms with van der Waals surface area (Å²) in [6.45, 7) is 3.66. The van der Waals surface area contributed by atoms with Crippen LogP contribution >= 0.6 is 0 Å². The summed E-state index contributed by atoms with van der Waals surface area (Å²) >= 11 is 0. The first-order chi connectivity index (χ1) is 7.20. The molecule has 0 saturated heterocycles. The van der Waals surface area contributed by atoms with E-state index in [9.17, 15) is 4.79 Å². The second kappa shape index (κ2) is 4.13. The van der Waals surface area contributed by atoms with E-state index in [0.717, 1.165) is 24.6 Å². The van der Waals surface area contributed by atoms with Crippen LogP contribution < -0.4 is 0 Å². The van der Waals surface area contributed by atoms with E-state index in [0.29, 0.717) is 5.92 Å². The highest BCUT2D eigenvalue weighted by Gasteiger charge is 2.28. The Morgan fingerprint density at radius 3 is 2.87 bits per heavy atom. The van der Waals surface area contributed by atoms with E-state index in [1.54, 1.807) is 0 Å². The monoisotopic (exact) mass is 208 g/mol. The number of hydrogen-bond acceptors (Lipinski definition) is 4. The van der Waals surface area contributed by atoms with Crippen LogP contribution in [0.3, 0.4) is 0 Å². The highest BCUT2D eigenvalue weighted by Crippen LogP contribution is 2.38. The number of aromatic nitrogens is 2. The van der Waals surface area contributed by atoms with Gasteiger partial charge in [-0.1, -0.05) is 18.5 Å². The average Bonchev–Trinajstić information content (AvgIpc) is 2.86. The second-order valence-corrected chi connectivity index (χ2v) is 4.30. The third-order valence-electron chi connectivity index (χ3n) is 3.23. The first kappa shape index (κ1) is 10.3. The molecule has 1 aromatic heterocycles. The molecule has 1 aliphatic rings. The summed E-state index contributed by atoms with van der Waals surface area (Å²) in [5.74, 6) is 1.89. The summed E-state index contributed by atoms with van der Waals surface area (Å²) in [4.78, 5) is 15.1. The zero-order valence-electron chi connectivity index (χ0n) is 9.19. The molecule has 1 aromatic rings. The largest absolute Gasteiger partial charge is 0.331 e. The fourth-order valence-electron chi connectivity index (χ4n) is 2.22. The van der Waals surface area contributed by atoms with E-state index in [4.69, 9.17) is 4.52 Å². The Balaban J connectivity index is 2.07. The number of Topliss-reactive ketones (excluding diaryl/α,β-unsaturated/α-hetero) is 1. The van der Waals surface area contributed by atoms with E-state index < -0.39 is 0 Å². The van der Waals surface area contributed by atoms with Crippen molar-refractivity contribution in [3.05, 3.63) is 11.7 Å². The number of ketones is 1. The molecular weight excluding hydrogens is 192 g/mol. The Labute approximate surface area is 89.1 Å². The Kier molecular flexibility index (Phi) is 2.84. The summed E-state index contributed by atoms with van der Waals surface area (Å²) in [6.07, 6.45) is 4.71. The maximum Gasteiger partial charge on any atom is 0.293 e. The lowest BCUT2D eigenvalue weighted by Crippen LogP contribution is -1.98. The summed E-state index contributed by atoms with van der Waals surface area (Å²) in [5.41, 5.74) is 0. The molecule has 0 bridgehead atoms. The van der Waals surface area contributed by atoms with Crippen LogP contribution in [0.15, 0.2) is 4.52 Å². The Bertz CT molecular complexity index is 359. The van der Waals surface area contributed by atoms with E-state index in [1.165, 1.54) is 19.8 Å². The van der Waals surface area contributed by atoms with Crippen molar-refractivity contribution in [1.29, 1.82) is 0 Å². The SMILES string of the molecule is CCC1CCC(c2noc(C(C)=O)n2)C1. The molecular formula is C11H16N2O2. The van der Waals surface area contributed by atoms with Gasteiger partial charge < -0.3 is 4.52 Å². The van der Waals surface area contributed by atoms with Crippen molar-refractivity contribution < 1.29 is 9.32 Å². The van der Waals surface area contributed by atoms with Crippen molar-refractivity contribution >= 4 is 5.78 Å². The molecule has 1 fully saturated rings. The Morgan fingerprint density at radius 2 is 2.33 bits per heavy atom. The molecule has 0 aromatic carbocycles. The molecule has 0 N–H and O–H groups in total. The van der Waals surface area contributed by atoms with Gasteiger partial charge in [0.2, 0.25) is 5.78 Å². The fourth-order valence-corrected chi connectivity index (χ4v) is 2.22. The van der Waals surface area contributed by atoms with E-state index >= 15 is 0 Å². The lowest BCUT2D eigenvalue weighted by molar-refractivity contribution is 0.0972. The lowest BCUT2D eigenvalue weighted by atomic mass is 10.0. The van der Waals surface area contributed by atoms with Crippen LogP contribution in [0.4, 0.5) is 0 Å². The van der Waals surface area contributed by atoms with Crippen LogP contribution in [-0.4, -0.2) is 15.9 Å². The average molecular weight is 208 g/mol. The quantitative estimate of drug-likeness (QED) is 0.716. The number of hydrogen-bond donors (Lipinski definition) is 0. The Morgan fingerprint density at radius 1 is 1.53 bits per heavy atom. The highest BCUT2D eigenvalue weighted by atomic mass is 16.5. The minimum absolute atomic E-state index is 0.143. The van der Waals surface area contributed by atoms with Gasteiger partial charge in [0.1, 0.15) is 0 Å². The minimum Gasteiger partial charge on any atom is -0.331 e. The normalized spacial score (nSPS) is 25.7. The summed E-state index contributed by atoms with van der Waals surface area (Å²) < 4.78 is 4.90. The van der Waals surface area contributed by atoms with E-state index in [2.05, 4.69) is 17.1 Å². The smallest absolute Gasteiger partial charge is 0.293 e. The zero-order chi connectivity index (χ0) is 10.8. The number of carbonyl (C=O) groups is 1. The molecule has 2 rings (SSSR count). The van der Waals surface area contributed by atoms with Crippen molar-refractivity contribution in [2.45, 2.75) is 45.4 Å². The molecule has 15 heavy (non-hydrogen) atoms. The van der Waals surface area contributed by atoms with Gasteiger partial charge in [-0.3, -0.25) is 4.79 Å². The molecule has 82 valence electrons. The predicted octanol–water partition coefficient (Wildman–Crippen LogP) is 2.57. The maximum absolute atomic E-state index is 11.0. The van der Waals surface area contributed by atoms with Gasteiger partial charge in [-0.2, -0.15) is 4.98 Å². The van der Waals surface area contributed by atoms with Crippen molar-refractivity contribution in [3.8, 4) is 0 Å². The molecule has 1 heterocycles. The van der Waals surface area contributed by atoms with Gasteiger partial charge in [0, 0.05) is 12.8 Å². The molecule has 0 amide bonds.